The van der Waals surface area contributed by atoms with Crippen molar-refractivity contribution in [3.05, 3.63) is 61.9 Å². The number of halogens is 3. The monoisotopic (exact) mass is 412 g/mol. The highest BCUT2D eigenvalue weighted by molar-refractivity contribution is 8.18. The molecule has 0 saturated carbocycles. The summed E-state index contributed by atoms with van der Waals surface area (Å²) in [4.78, 5) is 17.0. The van der Waals surface area contributed by atoms with Crippen LogP contribution in [-0.4, -0.2) is 18.2 Å². The van der Waals surface area contributed by atoms with Gasteiger partial charge in [-0.3, -0.25) is 4.79 Å². The summed E-state index contributed by atoms with van der Waals surface area (Å²) in [6.07, 6.45) is 1.70. The van der Waals surface area contributed by atoms with E-state index in [1.807, 2.05) is 0 Å². The van der Waals surface area contributed by atoms with E-state index in [9.17, 15) is 4.79 Å². The molecule has 0 spiro atoms. The molecule has 0 atom stereocenters. The number of benzene rings is 2. The molecule has 0 aliphatic carbocycles. The van der Waals surface area contributed by atoms with Crippen LogP contribution in [-0.2, 0) is 4.79 Å². The molecule has 4 nitrogen and oxygen atoms in total. The largest absolute Gasteiger partial charge is 0.494 e. The molecule has 1 N–H and O–H groups in total. The fourth-order valence-electron chi connectivity index (χ4n) is 2.12. The van der Waals surface area contributed by atoms with Gasteiger partial charge in [0.15, 0.2) is 10.9 Å². The zero-order chi connectivity index (χ0) is 18.0. The number of hydrogen-bond acceptors (Lipinski definition) is 4. The number of amides is 1. The van der Waals surface area contributed by atoms with E-state index in [4.69, 9.17) is 39.5 Å². The van der Waals surface area contributed by atoms with Gasteiger partial charge in [0.1, 0.15) is 0 Å². The maximum absolute atomic E-state index is 12.1. The fraction of sp³-hybridized carbons (Fsp3) is 0.0588. The van der Waals surface area contributed by atoms with Crippen LogP contribution in [0.3, 0.4) is 0 Å². The Morgan fingerprint density at radius 3 is 2.36 bits per heavy atom. The third-order valence-electron chi connectivity index (χ3n) is 3.23. The molecule has 1 heterocycles. The molecule has 2 aromatic rings. The average Bonchev–Trinajstić information content (AvgIpc) is 2.89. The van der Waals surface area contributed by atoms with Crippen molar-refractivity contribution < 1.29 is 9.53 Å². The molecule has 1 amide bonds. The first-order chi connectivity index (χ1) is 12.0. The van der Waals surface area contributed by atoms with E-state index in [0.29, 0.717) is 42.1 Å². The molecule has 1 aliphatic heterocycles. The summed E-state index contributed by atoms with van der Waals surface area (Å²) < 4.78 is 5.12. The van der Waals surface area contributed by atoms with Crippen LogP contribution in [0.5, 0.6) is 5.75 Å². The lowest BCUT2D eigenvalue weighted by Crippen LogP contribution is -2.19. The van der Waals surface area contributed by atoms with E-state index in [-0.39, 0.29) is 5.91 Å². The van der Waals surface area contributed by atoms with E-state index >= 15 is 0 Å². The van der Waals surface area contributed by atoms with Crippen molar-refractivity contribution in [1.82, 2.24) is 5.32 Å². The van der Waals surface area contributed by atoms with Crippen molar-refractivity contribution in [3.8, 4) is 5.75 Å². The zero-order valence-electron chi connectivity index (χ0n) is 12.8. The van der Waals surface area contributed by atoms with E-state index in [1.54, 1.807) is 42.5 Å². The molecule has 3 rings (SSSR count). The Bertz CT molecular complexity index is 872. The summed E-state index contributed by atoms with van der Waals surface area (Å²) in [5.41, 5.74) is 1.39. The molecule has 25 heavy (non-hydrogen) atoms. The molecular formula is C17H11Cl3N2O2S. The van der Waals surface area contributed by atoms with E-state index < -0.39 is 0 Å². The number of thioether (sulfide) groups is 1. The van der Waals surface area contributed by atoms with E-state index in [0.717, 1.165) is 0 Å². The maximum atomic E-state index is 12.1. The van der Waals surface area contributed by atoms with Crippen LogP contribution in [0.2, 0.25) is 15.1 Å². The number of ether oxygens (including phenoxy) is 1. The van der Waals surface area contributed by atoms with Crippen molar-refractivity contribution in [2.24, 2.45) is 4.99 Å². The van der Waals surface area contributed by atoms with Crippen LogP contribution in [0.15, 0.2) is 46.3 Å². The molecule has 0 bridgehead atoms. The Morgan fingerprint density at radius 2 is 1.76 bits per heavy atom. The summed E-state index contributed by atoms with van der Waals surface area (Å²) in [6.45, 7) is 0. The topological polar surface area (TPSA) is 50.7 Å². The lowest BCUT2D eigenvalue weighted by atomic mass is 10.2. The van der Waals surface area contributed by atoms with Crippen molar-refractivity contribution >= 4 is 69.4 Å². The van der Waals surface area contributed by atoms with Crippen LogP contribution in [0, 0.1) is 0 Å². The van der Waals surface area contributed by atoms with Gasteiger partial charge in [-0.15, -0.1) is 0 Å². The minimum Gasteiger partial charge on any atom is -0.494 e. The Kier molecular flexibility index (Phi) is 5.59. The molecule has 1 saturated heterocycles. The molecule has 1 fully saturated rings. The number of methoxy groups -OCH3 is 1. The number of nitrogens with zero attached hydrogens (tertiary/aromatic N) is 1. The average molecular weight is 414 g/mol. The van der Waals surface area contributed by atoms with Crippen LogP contribution >= 0.6 is 46.6 Å². The van der Waals surface area contributed by atoms with Gasteiger partial charge in [-0.05, 0) is 59.8 Å². The van der Waals surface area contributed by atoms with Gasteiger partial charge in [-0.2, -0.15) is 0 Å². The first kappa shape index (κ1) is 18.1. The predicted octanol–water partition coefficient (Wildman–Crippen LogP) is 5.55. The Morgan fingerprint density at radius 1 is 1.12 bits per heavy atom. The zero-order valence-corrected chi connectivity index (χ0v) is 15.9. The highest BCUT2D eigenvalue weighted by Crippen LogP contribution is 2.36. The number of carbonyl (C=O) groups excluding carboxylic acids is 1. The summed E-state index contributed by atoms with van der Waals surface area (Å²) >= 11 is 19.3. The first-order valence-electron chi connectivity index (χ1n) is 7.04. The standard InChI is InChI=1S/C17H11Cl3N2O2S/c1-24-15-12(19)6-9(7-13(15)20)8-14-16(23)22-17(25-14)21-11-4-2-10(18)3-5-11/h2-8H,1H3,(H,21,22,23)/b14-8-. The predicted molar refractivity (Wildman–Crippen MR) is 105 cm³/mol. The van der Waals surface area contributed by atoms with Crippen molar-refractivity contribution in [2.45, 2.75) is 0 Å². The van der Waals surface area contributed by atoms with Gasteiger partial charge in [0.25, 0.3) is 5.91 Å². The normalized spacial score (nSPS) is 17.2. The second-order valence-corrected chi connectivity index (χ2v) is 7.26. The Hall–Kier alpha value is -1.66. The van der Waals surface area contributed by atoms with Gasteiger partial charge >= 0.3 is 0 Å². The molecular weight excluding hydrogens is 403 g/mol. The third kappa shape index (κ3) is 4.30. The van der Waals surface area contributed by atoms with E-state index in [2.05, 4.69) is 10.3 Å². The minimum absolute atomic E-state index is 0.235. The molecule has 2 aromatic carbocycles. The Balaban J connectivity index is 1.85. The summed E-state index contributed by atoms with van der Waals surface area (Å²) in [6, 6.07) is 10.4. The van der Waals surface area contributed by atoms with Crippen molar-refractivity contribution in [3.63, 3.8) is 0 Å². The lowest BCUT2D eigenvalue weighted by Gasteiger charge is -2.06. The van der Waals surface area contributed by atoms with Gasteiger partial charge in [-0.1, -0.05) is 34.8 Å². The highest BCUT2D eigenvalue weighted by atomic mass is 35.5. The van der Waals surface area contributed by atoms with Crippen LogP contribution in [0.1, 0.15) is 5.56 Å². The van der Waals surface area contributed by atoms with Gasteiger partial charge in [0.2, 0.25) is 0 Å². The molecule has 0 unspecified atom stereocenters. The highest BCUT2D eigenvalue weighted by Gasteiger charge is 2.24. The van der Waals surface area contributed by atoms with Gasteiger partial charge in [0, 0.05) is 5.02 Å². The van der Waals surface area contributed by atoms with Gasteiger partial charge in [-0.25, -0.2) is 4.99 Å². The smallest absolute Gasteiger partial charge is 0.264 e. The molecule has 128 valence electrons. The SMILES string of the molecule is COc1c(Cl)cc(/C=C2\SC(=Nc3ccc(Cl)cc3)NC2=O)cc1Cl. The number of amidine groups is 1. The number of nitrogens with one attached hydrogen (secondary N) is 1. The van der Waals surface area contributed by atoms with Crippen molar-refractivity contribution in [1.29, 1.82) is 0 Å². The minimum atomic E-state index is -0.235. The third-order valence-corrected chi connectivity index (χ3v) is 4.95. The summed E-state index contributed by atoms with van der Waals surface area (Å²) in [5, 5.41) is 4.59. The van der Waals surface area contributed by atoms with Gasteiger partial charge in [0.05, 0.1) is 27.7 Å². The summed E-state index contributed by atoms with van der Waals surface area (Å²) in [7, 11) is 1.49. The summed E-state index contributed by atoms with van der Waals surface area (Å²) in [5.74, 6) is 0.166. The Labute approximate surface area is 163 Å². The van der Waals surface area contributed by atoms with E-state index in [1.165, 1.54) is 18.9 Å². The molecule has 0 aromatic heterocycles. The second-order valence-electron chi connectivity index (χ2n) is 4.98. The quantitative estimate of drug-likeness (QED) is 0.671. The van der Waals surface area contributed by atoms with Crippen LogP contribution < -0.4 is 10.1 Å². The lowest BCUT2D eigenvalue weighted by molar-refractivity contribution is -0.115. The fourth-order valence-corrected chi connectivity index (χ4v) is 3.75. The first-order valence-corrected chi connectivity index (χ1v) is 8.99. The number of hydrogen-bond donors (Lipinski definition) is 1. The maximum Gasteiger partial charge on any atom is 0.264 e. The molecule has 1 aliphatic rings. The second kappa shape index (κ2) is 7.70. The van der Waals surface area contributed by atoms with Gasteiger partial charge < -0.3 is 10.1 Å². The number of carbonyl (C=O) groups is 1. The number of aliphatic imine (C=N–C) groups is 1. The van der Waals surface area contributed by atoms with Crippen LogP contribution in [0.4, 0.5) is 5.69 Å². The molecule has 8 heteroatoms. The van der Waals surface area contributed by atoms with Crippen molar-refractivity contribution in [2.75, 3.05) is 7.11 Å². The molecule has 0 radical (unpaired) electrons. The van der Waals surface area contributed by atoms with Crippen LogP contribution in [0.25, 0.3) is 6.08 Å². The number of rotatable bonds is 3.